The van der Waals surface area contributed by atoms with Gasteiger partial charge < -0.3 is 24.4 Å². The van der Waals surface area contributed by atoms with Crippen molar-refractivity contribution >= 4 is 29.5 Å². The molecular formula is C31H38O10. The Morgan fingerprint density at radius 2 is 1.56 bits per heavy atom. The Balaban J connectivity index is 1.72. The highest BCUT2D eigenvalue weighted by atomic mass is 16.6. The highest BCUT2D eigenvalue weighted by Crippen LogP contribution is 2.74. The SMILES string of the molecule is CC(=O)OC[C@@]12C[C@H]3C(=O)C(C)(C)C[C@H]3[C@]1(C)C(=O)[C@@]1(O)C[C@H](C)[C@H](OC(=O)c3ccccc3)[C@]1(O)[C@H]2OC(C)=O. The minimum atomic E-state index is -2.60. The predicted molar refractivity (Wildman–Crippen MR) is 142 cm³/mol. The van der Waals surface area contributed by atoms with E-state index in [0.717, 1.165) is 6.92 Å². The molecule has 0 aromatic heterocycles. The first kappa shape index (κ1) is 29.4. The van der Waals surface area contributed by atoms with Gasteiger partial charge >= 0.3 is 17.9 Å². The zero-order chi connectivity index (χ0) is 30.3. The largest absolute Gasteiger partial charge is 0.465 e. The number of ether oxygens (including phenoxy) is 3. The number of rotatable bonds is 5. The van der Waals surface area contributed by atoms with Gasteiger partial charge in [0.1, 0.15) is 24.6 Å². The number of benzene rings is 1. The van der Waals surface area contributed by atoms with Crippen molar-refractivity contribution < 1.29 is 48.4 Å². The van der Waals surface area contributed by atoms with Gasteiger partial charge in [-0.1, -0.05) is 45.9 Å². The van der Waals surface area contributed by atoms with E-state index in [1.165, 1.54) is 19.1 Å². The van der Waals surface area contributed by atoms with Crippen LogP contribution in [-0.2, 0) is 33.4 Å². The molecule has 0 bridgehead atoms. The maximum absolute atomic E-state index is 14.8. The Bertz CT molecular complexity index is 1320. The van der Waals surface area contributed by atoms with E-state index in [4.69, 9.17) is 14.2 Å². The van der Waals surface area contributed by atoms with Gasteiger partial charge in [0.15, 0.2) is 17.0 Å². The Hall–Kier alpha value is -3.11. The summed E-state index contributed by atoms with van der Waals surface area (Å²) in [7, 11) is 0. The Morgan fingerprint density at radius 1 is 0.927 bits per heavy atom. The summed E-state index contributed by atoms with van der Waals surface area (Å²) < 4.78 is 17.2. The van der Waals surface area contributed by atoms with E-state index < -0.39 is 87.7 Å². The van der Waals surface area contributed by atoms with Crippen molar-refractivity contribution in [2.75, 3.05) is 6.61 Å². The van der Waals surface area contributed by atoms with Crippen LogP contribution < -0.4 is 0 Å². The van der Waals surface area contributed by atoms with E-state index >= 15 is 0 Å². The third-order valence-corrected chi connectivity index (χ3v) is 10.6. The molecule has 4 aliphatic rings. The number of hydrogen-bond donors (Lipinski definition) is 2. The summed E-state index contributed by atoms with van der Waals surface area (Å²) in [6, 6.07) is 8.05. The van der Waals surface area contributed by atoms with Crippen LogP contribution in [0.25, 0.3) is 0 Å². The molecule has 4 saturated carbocycles. The molecular weight excluding hydrogens is 532 g/mol. The zero-order valence-corrected chi connectivity index (χ0v) is 24.3. The van der Waals surface area contributed by atoms with E-state index in [-0.39, 0.29) is 24.2 Å². The summed E-state index contributed by atoms with van der Waals surface area (Å²) >= 11 is 0. The van der Waals surface area contributed by atoms with Crippen LogP contribution in [0.1, 0.15) is 71.2 Å². The Kier molecular flexibility index (Phi) is 6.59. The highest BCUT2D eigenvalue weighted by Gasteiger charge is 2.87. The van der Waals surface area contributed by atoms with Crippen molar-refractivity contribution in [1.82, 2.24) is 0 Å². The van der Waals surface area contributed by atoms with Gasteiger partial charge in [0.25, 0.3) is 0 Å². The number of aliphatic hydroxyl groups is 2. The van der Waals surface area contributed by atoms with E-state index in [9.17, 15) is 34.2 Å². The monoisotopic (exact) mass is 570 g/mol. The third-order valence-electron chi connectivity index (χ3n) is 10.6. The van der Waals surface area contributed by atoms with Crippen LogP contribution in [0.5, 0.6) is 0 Å². The molecule has 0 saturated heterocycles. The average Bonchev–Trinajstić information content (AvgIpc) is 3.37. The molecule has 0 amide bonds. The first-order valence-corrected chi connectivity index (χ1v) is 14.1. The molecule has 1 aromatic carbocycles. The van der Waals surface area contributed by atoms with Crippen LogP contribution in [0.4, 0.5) is 0 Å². The first-order chi connectivity index (χ1) is 19.0. The summed E-state index contributed by atoms with van der Waals surface area (Å²) in [4.78, 5) is 66.4. The number of esters is 3. The molecule has 5 rings (SSSR count). The fourth-order valence-electron chi connectivity index (χ4n) is 8.81. The van der Waals surface area contributed by atoms with Crippen LogP contribution in [0.2, 0.25) is 0 Å². The zero-order valence-electron chi connectivity index (χ0n) is 24.3. The van der Waals surface area contributed by atoms with Crippen molar-refractivity contribution in [2.24, 2.45) is 34.0 Å². The van der Waals surface area contributed by atoms with Crippen LogP contribution >= 0.6 is 0 Å². The number of hydrogen-bond acceptors (Lipinski definition) is 10. The fourth-order valence-corrected chi connectivity index (χ4v) is 8.81. The second-order valence-corrected chi connectivity index (χ2v) is 13.4. The van der Waals surface area contributed by atoms with Gasteiger partial charge in [-0.25, -0.2) is 4.79 Å². The number of carbonyl (C=O) groups is 5. The molecule has 1 aromatic rings. The van der Waals surface area contributed by atoms with Gasteiger partial charge in [-0.05, 0) is 43.2 Å². The summed E-state index contributed by atoms with van der Waals surface area (Å²) in [5.41, 5.74) is -8.77. The molecule has 222 valence electrons. The molecule has 0 unspecified atom stereocenters. The highest BCUT2D eigenvalue weighted by molar-refractivity contribution is 6.00. The van der Waals surface area contributed by atoms with Gasteiger partial charge in [0.05, 0.1) is 11.0 Å². The molecule has 10 nitrogen and oxygen atoms in total. The number of ketones is 2. The number of Topliss-reactive ketones (excluding diaryl/α,β-unsaturated/α-hetero) is 2. The van der Waals surface area contributed by atoms with Gasteiger partial charge in [-0.2, -0.15) is 0 Å². The summed E-state index contributed by atoms with van der Waals surface area (Å²) in [6.07, 6.45) is -3.11. The summed E-state index contributed by atoms with van der Waals surface area (Å²) in [5.74, 6) is -5.06. The molecule has 10 heteroatoms. The lowest BCUT2D eigenvalue weighted by atomic mass is 9.46. The van der Waals surface area contributed by atoms with Gasteiger partial charge in [-0.15, -0.1) is 0 Å². The van der Waals surface area contributed by atoms with Crippen molar-refractivity contribution in [3.8, 4) is 0 Å². The molecule has 2 N–H and O–H groups in total. The van der Waals surface area contributed by atoms with Crippen LogP contribution in [0, 0.1) is 34.0 Å². The van der Waals surface area contributed by atoms with Gasteiger partial charge in [-0.3, -0.25) is 19.2 Å². The van der Waals surface area contributed by atoms with Crippen molar-refractivity contribution in [1.29, 1.82) is 0 Å². The summed E-state index contributed by atoms with van der Waals surface area (Å²) in [6.45, 7) is 8.75. The lowest BCUT2D eigenvalue weighted by molar-refractivity contribution is -0.290. The maximum Gasteiger partial charge on any atom is 0.338 e. The molecule has 0 heterocycles. The molecule has 9 atom stereocenters. The van der Waals surface area contributed by atoms with Gasteiger partial charge in [0.2, 0.25) is 0 Å². The normalized spacial score (nSPS) is 42.2. The Labute approximate surface area is 238 Å². The molecule has 0 radical (unpaired) electrons. The van der Waals surface area contributed by atoms with Gasteiger partial charge in [0, 0.05) is 30.6 Å². The van der Waals surface area contributed by atoms with Crippen LogP contribution in [0.15, 0.2) is 30.3 Å². The molecule has 41 heavy (non-hydrogen) atoms. The minimum absolute atomic E-state index is 0.0283. The Morgan fingerprint density at radius 3 is 2.15 bits per heavy atom. The number of carbonyl (C=O) groups excluding carboxylic acids is 5. The topological polar surface area (TPSA) is 154 Å². The molecule has 0 aliphatic heterocycles. The minimum Gasteiger partial charge on any atom is -0.465 e. The van der Waals surface area contributed by atoms with Crippen LogP contribution in [-0.4, -0.2) is 69.7 Å². The van der Waals surface area contributed by atoms with Crippen molar-refractivity contribution in [3.63, 3.8) is 0 Å². The fraction of sp³-hybridized carbons (Fsp3) is 0.645. The summed E-state index contributed by atoms with van der Waals surface area (Å²) in [5, 5.41) is 24.9. The molecule has 4 aliphatic carbocycles. The first-order valence-electron chi connectivity index (χ1n) is 14.1. The van der Waals surface area contributed by atoms with E-state index in [0.29, 0.717) is 6.42 Å². The van der Waals surface area contributed by atoms with E-state index in [1.807, 2.05) is 13.8 Å². The second kappa shape index (κ2) is 9.19. The maximum atomic E-state index is 14.8. The smallest absolute Gasteiger partial charge is 0.338 e. The van der Waals surface area contributed by atoms with E-state index in [1.54, 1.807) is 32.0 Å². The molecule has 4 fully saturated rings. The van der Waals surface area contributed by atoms with Crippen LogP contribution in [0.3, 0.4) is 0 Å². The van der Waals surface area contributed by atoms with Crippen molar-refractivity contribution in [3.05, 3.63) is 35.9 Å². The molecule has 0 spiro atoms. The average molecular weight is 571 g/mol. The second-order valence-electron chi connectivity index (χ2n) is 13.4. The number of fused-ring (bicyclic) bond motifs is 4. The standard InChI is InChI=1S/C31H38O10/c1-16-12-30(37)25(36)28(6)21-14-27(4,5)22(34)20(21)13-29(28,15-39-17(2)32)26(40-18(3)33)31(30,38)23(16)41-24(35)19-10-8-7-9-11-19/h7-11,16,20-21,23,26,37-38H,12-15H2,1-6H3/t16-,20+,21+,23-,26-,28+,29+,30-,31-/m0/s1. The van der Waals surface area contributed by atoms with Crippen molar-refractivity contribution in [2.45, 2.75) is 84.2 Å². The third kappa shape index (κ3) is 3.72. The lowest BCUT2D eigenvalue weighted by Gasteiger charge is -2.61. The predicted octanol–water partition coefficient (Wildman–Crippen LogP) is 2.42. The van der Waals surface area contributed by atoms with E-state index in [2.05, 4.69) is 0 Å². The lowest BCUT2D eigenvalue weighted by Crippen LogP contribution is -2.80. The quantitative estimate of drug-likeness (QED) is 0.399.